The number of nitrogens with zero attached hydrogens (tertiary/aromatic N) is 2. The maximum Gasteiger partial charge on any atom is 0.253 e. The number of aromatic nitrogens is 1. The minimum absolute atomic E-state index is 0.128. The molecule has 168 valence electrons. The van der Waals surface area contributed by atoms with Crippen LogP contribution in [0.4, 0.5) is 0 Å². The topological polar surface area (TPSA) is 92.5 Å². The van der Waals surface area contributed by atoms with E-state index in [2.05, 4.69) is 9.71 Å². The van der Waals surface area contributed by atoms with Gasteiger partial charge in [0.15, 0.2) is 11.5 Å². The number of hydrogen-bond acceptors (Lipinski definition) is 5. The van der Waals surface area contributed by atoms with Crippen LogP contribution in [0.25, 0.3) is 11.1 Å². The van der Waals surface area contributed by atoms with Crippen molar-refractivity contribution in [2.24, 2.45) is 5.92 Å². The molecule has 0 radical (unpaired) electrons. The summed E-state index contributed by atoms with van der Waals surface area (Å²) in [4.78, 5) is 19.5. The second kappa shape index (κ2) is 8.50. The number of carbonyl (C=O) groups excluding carboxylic acids is 1. The SMILES string of the molecule is O=C(c1cccc(S(=O)(=O)NCC2CC2)c1)N1CCC(c2nc3cc(Cl)ccc3o2)CC1. The van der Waals surface area contributed by atoms with Gasteiger partial charge in [0.05, 0.1) is 4.90 Å². The highest BCUT2D eigenvalue weighted by molar-refractivity contribution is 7.89. The van der Waals surface area contributed by atoms with E-state index in [-0.39, 0.29) is 16.7 Å². The molecule has 0 unspecified atom stereocenters. The molecule has 9 heteroatoms. The molecule has 0 spiro atoms. The lowest BCUT2D eigenvalue weighted by atomic mass is 9.96. The summed E-state index contributed by atoms with van der Waals surface area (Å²) in [6.45, 7) is 1.57. The Bertz CT molecular complexity index is 1260. The first kappa shape index (κ1) is 21.4. The van der Waals surface area contributed by atoms with E-state index in [1.165, 1.54) is 12.1 Å². The molecule has 2 fully saturated rings. The third-order valence-electron chi connectivity index (χ3n) is 6.15. The zero-order valence-corrected chi connectivity index (χ0v) is 19.0. The second-order valence-electron chi connectivity index (χ2n) is 8.55. The van der Waals surface area contributed by atoms with Crippen molar-refractivity contribution >= 4 is 38.6 Å². The molecule has 2 heterocycles. The molecule has 1 amide bonds. The molecule has 5 rings (SSSR count). The predicted molar refractivity (Wildman–Crippen MR) is 121 cm³/mol. The van der Waals surface area contributed by atoms with E-state index >= 15 is 0 Å². The molecule has 1 aliphatic carbocycles. The van der Waals surface area contributed by atoms with E-state index < -0.39 is 10.0 Å². The summed E-state index contributed by atoms with van der Waals surface area (Å²) in [5, 5.41) is 0.616. The zero-order chi connectivity index (χ0) is 22.3. The van der Waals surface area contributed by atoms with Crippen molar-refractivity contribution in [3.8, 4) is 0 Å². The largest absolute Gasteiger partial charge is 0.440 e. The number of rotatable bonds is 6. The van der Waals surface area contributed by atoms with Crippen LogP contribution in [0, 0.1) is 5.92 Å². The van der Waals surface area contributed by atoms with Gasteiger partial charge in [-0.3, -0.25) is 4.79 Å². The fourth-order valence-corrected chi connectivity index (χ4v) is 5.36. The first-order valence-electron chi connectivity index (χ1n) is 10.8. The van der Waals surface area contributed by atoms with Crippen LogP contribution >= 0.6 is 11.6 Å². The van der Waals surface area contributed by atoms with Gasteiger partial charge in [0.2, 0.25) is 10.0 Å². The van der Waals surface area contributed by atoms with Crippen molar-refractivity contribution in [1.29, 1.82) is 0 Å². The third kappa shape index (κ3) is 4.53. The van der Waals surface area contributed by atoms with Crippen LogP contribution in [-0.4, -0.2) is 43.8 Å². The first-order chi connectivity index (χ1) is 15.4. The average Bonchev–Trinajstić information content (AvgIpc) is 3.55. The number of halogens is 1. The fraction of sp³-hybridized carbons (Fsp3) is 0.391. The minimum atomic E-state index is -3.61. The quantitative estimate of drug-likeness (QED) is 0.579. The monoisotopic (exact) mass is 473 g/mol. The molecule has 2 aromatic carbocycles. The molecule has 2 aliphatic rings. The van der Waals surface area contributed by atoms with Crippen molar-refractivity contribution in [1.82, 2.24) is 14.6 Å². The normalized spacial score (nSPS) is 17.7. The number of likely N-dealkylation sites (tertiary alicyclic amines) is 1. The molecule has 1 aromatic heterocycles. The minimum Gasteiger partial charge on any atom is -0.440 e. The zero-order valence-electron chi connectivity index (χ0n) is 17.5. The highest BCUT2D eigenvalue weighted by Gasteiger charge is 2.29. The van der Waals surface area contributed by atoms with Crippen LogP contribution in [0.1, 0.15) is 47.8 Å². The maximum atomic E-state index is 13.0. The summed E-state index contributed by atoms with van der Waals surface area (Å²) in [6, 6.07) is 11.6. The molecule has 1 N–H and O–H groups in total. The van der Waals surface area contributed by atoms with Gasteiger partial charge in [0.25, 0.3) is 5.91 Å². The Morgan fingerprint density at radius 1 is 1.12 bits per heavy atom. The van der Waals surface area contributed by atoms with Gasteiger partial charge in [-0.05, 0) is 68.0 Å². The molecule has 1 saturated heterocycles. The Balaban J connectivity index is 1.25. The Morgan fingerprint density at radius 3 is 2.66 bits per heavy atom. The molecule has 3 aromatic rings. The molecular weight excluding hydrogens is 450 g/mol. The smallest absolute Gasteiger partial charge is 0.253 e. The van der Waals surface area contributed by atoms with Crippen LogP contribution in [0.15, 0.2) is 51.8 Å². The summed E-state index contributed by atoms with van der Waals surface area (Å²) in [6.07, 6.45) is 3.59. The van der Waals surface area contributed by atoms with Crippen molar-refractivity contribution in [3.63, 3.8) is 0 Å². The molecule has 32 heavy (non-hydrogen) atoms. The summed E-state index contributed by atoms with van der Waals surface area (Å²) < 4.78 is 33.6. The van der Waals surface area contributed by atoms with Crippen LogP contribution in [0.3, 0.4) is 0 Å². The number of piperidine rings is 1. The van der Waals surface area contributed by atoms with Gasteiger partial charge in [-0.2, -0.15) is 0 Å². The van der Waals surface area contributed by atoms with Gasteiger partial charge >= 0.3 is 0 Å². The Morgan fingerprint density at radius 2 is 1.91 bits per heavy atom. The summed E-state index contributed by atoms with van der Waals surface area (Å²) >= 11 is 6.03. The van der Waals surface area contributed by atoms with Gasteiger partial charge < -0.3 is 9.32 Å². The van der Waals surface area contributed by atoms with Gasteiger partial charge in [-0.1, -0.05) is 17.7 Å². The van der Waals surface area contributed by atoms with Gasteiger partial charge in [-0.25, -0.2) is 18.1 Å². The summed E-state index contributed by atoms with van der Waals surface area (Å²) in [7, 11) is -3.61. The Kier molecular flexibility index (Phi) is 5.69. The molecular formula is C23H24ClN3O4S. The maximum absolute atomic E-state index is 13.0. The van der Waals surface area contributed by atoms with Crippen LogP contribution in [0.5, 0.6) is 0 Å². The van der Waals surface area contributed by atoms with Crippen LogP contribution < -0.4 is 4.72 Å². The number of benzene rings is 2. The standard InChI is InChI=1S/C23H24ClN3O4S/c24-18-6-7-21-20(13-18)26-22(31-21)16-8-10-27(11-9-16)23(28)17-2-1-3-19(12-17)32(29,30)25-14-15-4-5-15/h1-3,6-7,12-13,15-16,25H,4-5,8-11,14H2. The second-order valence-corrected chi connectivity index (χ2v) is 10.8. The van der Waals surface area contributed by atoms with Crippen LogP contribution in [-0.2, 0) is 10.0 Å². The number of fused-ring (bicyclic) bond motifs is 1. The van der Waals surface area contributed by atoms with E-state index in [4.69, 9.17) is 16.0 Å². The summed E-state index contributed by atoms with van der Waals surface area (Å²) in [5.41, 5.74) is 1.82. The van der Waals surface area contributed by atoms with Crippen LogP contribution in [0.2, 0.25) is 5.02 Å². The lowest BCUT2D eigenvalue weighted by Gasteiger charge is -2.30. The number of oxazole rings is 1. The highest BCUT2D eigenvalue weighted by Crippen LogP contribution is 2.31. The third-order valence-corrected chi connectivity index (χ3v) is 7.80. The van der Waals surface area contributed by atoms with Crippen molar-refractivity contribution in [2.75, 3.05) is 19.6 Å². The highest BCUT2D eigenvalue weighted by atomic mass is 35.5. The number of sulfonamides is 1. The number of nitrogens with one attached hydrogen (secondary N) is 1. The molecule has 0 bridgehead atoms. The van der Waals surface area contributed by atoms with E-state index in [0.29, 0.717) is 47.6 Å². The lowest BCUT2D eigenvalue weighted by molar-refractivity contribution is 0.0706. The molecule has 1 aliphatic heterocycles. The lowest BCUT2D eigenvalue weighted by Crippen LogP contribution is -2.38. The van der Waals surface area contributed by atoms with E-state index in [0.717, 1.165) is 31.2 Å². The predicted octanol–water partition coefficient (Wildman–Crippen LogP) is 4.19. The number of hydrogen-bond donors (Lipinski definition) is 1. The van der Waals surface area contributed by atoms with Crippen molar-refractivity contribution in [3.05, 3.63) is 58.9 Å². The Labute approximate surface area is 191 Å². The first-order valence-corrected chi connectivity index (χ1v) is 12.7. The van der Waals surface area contributed by atoms with Crippen molar-refractivity contribution in [2.45, 2.75) is 36.5 Å². The molecule has 1 saturated carbocycles. The number of amides is 1. The van der Waals surface area contributed by atoms with Gasteiger partial charge in [0, 0.05) is 36.1 Å². The molecule has 0 atom stereocenters. The van der Waals surface area contributed by atoms with Gasteiger partial charge in [-0.15, -0.1) is 0 Å². The fourth-order valence-electron chi connectivity index (χ4n) is 4.03. The van der Waals surface area contributed by atoms with E-state index in [1.54, 1.807) is 29.2 Å². The van der Waals surface area contributed by atoms with E-state index in [1.807, 2.05) is 6.07 Å². The van der Waals surface area contributed by atoms with Gasteiger partial charge in [0.1, 0.15) is 5.52 Å². The Hall–Kier alpha value is -2.42. The summed E-state index contributed by atoms with van der Waals surface area (Å²) in [5.74, 6) is 1.08. The molecule has 7 nitrogen and oxygen atoms in total. The van der Waals surface area contributed by atoms with Crippen molar-refractivity contribution < 1.29 is 17.6 Å². The van der Waals surface area contributed by atoms with E-state index in [9.17, 15) is 13.2 Å². The average molecular weight is 474 g/mol. The number of carbonyl (C=O) groups is 1.